The van der Waals surface area contributed by atoms with Crippen LogP contribution in [-0.2, 0) is 16.1 Å². The molecule has 4 rings (SSSR count). The van der Waals surface area contributed by atoms with E-state index >= 15 is 0 Å². The van der Waals surface area contributed by atoms with Gasteiger partial charge in [0.15, 0.2) is 5.54 Å². The maximum absolute atomic E-state index is 13.9. The molecule has 1 aromatic carbocycles. The fourth-order valence-corrected chi connectivity index (χ4v) is 5.00. The Labute approximate surface area is 179 Å². The standard InChI is InChI=1S/C21H26ClFN4O3/c1-13-2-5-15(6-3-13)26-10-18(28)27(9-14-4-7-16(22)17(23)8-14)21(19(26)29)11-25(12-21)20(24)30/h4,7-8,13,15H,2-3,5-6,9-12H2,1H3,(H2,24,30)/t13-,15-. The van der Waals surface area contributed by atoms with Crippen LogP contribution in [0.4, 0.5) is 9.18 Å². The molecule has 0 aromatic heterocycles. The first-order valence-electron chi connectivity index (χ1n) is 10.3. The number of primary amides is 1. The zero-order valence-electron chi connectivity index (χ0n) is 16.9. The summed E-state index contributed by atoms with van der Waals surface area (Å²) in [6.07, 6.45) is 3.80. The summed E-state index contributed by atoms with van der Waals surface area (Å²) in [6.45, 7) is 2.39. The number of benzene rings is 1. The van der Waals surface area contributed by atoms with Gasteiger partial charge in [-0.25, -0.2) is 9.18 Å². The Bertz CT molecular complexity index is 881. The first kappa shape index (κ1) is 20.9. The third-order valence-corrected chi connectivity index (χ3v) is 7.06. The van der Waals surface area contributed by atoms with E-state index in [4.69, 9.17) is 17.3 Å². The monoisotopic (exact) mass is 436 g/mol. The Morgan fingerprint density at radius 1 is 1.23 bits per heavy atom. The lowest BCUT2D eigenvalue weighted by Gasteiger charge is -2.58. The molecule has 0 unspecified atom stereocenters. The third kappa shape index (κ3) is 3.51. The molecule has 2 N–H and O–H groups in total. The molecule has 9 heteroatoms. The second-order valence-corrected chi connectivity index (χ2v) is 9.21. The normalized spacial score (nSPS) is 26.2. The van der Waals surface area contributed by atoms with E-state index in [2.05, 4.69) is 6.92 Å². The van der Waals surface area contributed by atoms with Gasteiger partial charge in [-0.05, 0) is 49.3 Å². The third-order valence-electron chi connectivity index (χ3n) is 6.75. The molecule has 1 spiro atoms. The Morgan fingerprint density at radius 2 is 1.90 bits per heavy atom. The molecule has 1 aromatic rings. The molecule has 2 aliphatic heterocycles. The largest absolute Gasteiger partial charge is 0.351 e. The quantitative estimate of drug-likeness (QED) is 0.789. The predicted molar refractivity (Wildman–Crippen MR) is 109 cm³/mol. The average molecular weight is 437 g/mol. The number of carbonyl (C=O) groups is 3. The second kappa shape index (κ2) is 7.72. The van der Waals surface area contributed by atoms with Crippen molar-refractivity contribution in [3.63, 3.8) is 0 Å². The molecular formula is C21H26ClFN4O3. The highest BCUT2D eigenvalue weighted by atomic mass is 35.5. The Hall–Kier alpha value is -2.35. The van der Waals surface area contributed by atoms with E-state index in [9.17, 15) is 18.8 Å². The van der Waals surface area contributed by atoms with Crippen LogP contribution in [0.3, 0.4) is 0 Å². The lowest BCUT2D eigenvalue weighted by Crippen LogP contribution is -2.82. The van der Waals surface area contributed by atoms with Gasteiger partial charge in [-0.15, -0.1) is 0 Å². The van der Waals surface area contributed by atoms with E-state index in [1.165, 1.54) is 21.9 Å². The predicted octanol–water partition coefficient (Wildman–Crippen LogP) is 2.36. The number of halogens is 2. The summed E-state index contributed by atoms with van der Waals surface area (Å²) in [5, 5.41) is -0.00393. The van der Waals surface area contributed by atoms with Crippen molar-refractivity contribution in [2.75, 3.05) is 19.6 Å². The van der Waals surface area contributed by atoms with E-state index in [1.807, 2.05) is 0 Å². The van der Waals surface area contributed by atoms with Crippen LogP contribution in [0.5, 0.6) is 0 Å². The number of likely N-dealkylation sites (tertiary alicyclic amines) is 1. The molecule has 1 aliphatic carbocycles. The summed E-state index contributed by atoms with van der Waals surface area (Å²) < 4.78 is 13.9. The molecule has 3 aliphatic rings. The zero-order valence-corrected chi connectivity index (χ0v) is 17.7. The van der Waals surface area contributed by atoms with Crippen LogP contribution in [0.15, 0.2) is 18.2 Å². The summed E-state index contributed by atoms with van der Waals surface area (Å²) in [4.78, 5) is 42.9. The number of piperazine rings is 1. The molecule has 3 fully saturated rings. The van der Waals surface area contributed by atoms with E-state index in [0.717, 1.165) is 25.7 Å². The number of amides is 4. The van der Waals surface area contributed by atoms with Crippen molar-refractivity contribution in [1.82, 2.24) is 14.7 Å². The highest BCUT2D eigenvalue weighted by Crippen LogP contribution is 2.38. The molecule has 0 bridgehead atoms. The minimum Gasteiger partial charge on any atom is -0.351 e. The smallest absolute Gasteiger partial charge is 0.314 e. The zero-order chi connectivity index (χ0) is 21.6. The van der Waals surface area contributed by atoms with Gasteiger partial charge in [-0.2, -0.15) is 0 Å². The van der Waals surface area contributed by atoms with Gasteiger partial charge in [0.05, 0.1) is 18.1 Å². The molecule has 1 saturated carbocycles. The molecule has 2 heterocycles. The minimum atomic E-state index is -1.15. The van der Waals surface area contributed by atoms with Gasteiger partial charge in [0.2, 0.25) is 5.91 Å². The fourth-order valence-electron chi connectivity index (χ4n) is 4.88. The van der Waals surface area contributed by atoms with E-state index in [1.54, 1.807) is 11.0 Å². The molecule has 0 atom stereocenters. The first-order chi connectivity index (χ1) is 14.2. The number of hydrogen-bond donors (Lipinski definition) is 1. The van der Waals surface area contributed by atoms with Gasteiger partial charge in [-0.1, -0.05) is 24.6 Å². The topological polar surface area (TPSA) is 86.9 Å². The van der Waals surface area contributed by atoms with E-state index in [0.29, 0.717) is 11.5 Å². The Balaban J connectivity index is 1.61. The van der Waals surface area contributed by atoms with Crippen molar-refractivity contribution in [1.29, 1.82) is 0 Å². The van der Waals surface area contributed by atoms with Crippen molar-refractivity contribution in [2.24, 2.45) is 11.7 Å². The van der Waals surface area contributed by atoms with Crippen LogP contribution in [0.2, 0.25) is 5.02 Å². The summed E-state index contributed by atoms with van der Waals surface area (Å²) in [5.41, 5.74) is 4.78. The lowest BCUT2D eigenvalue weighted by atomic mass is 9.80. The lowest BCUT2D eigenvalue weighted by molar-refractivity contribution is -0.179. The molecule has 7 nitrogen and oxygen atoms in total. The Morgan fingerprint density at radius 3 is 2.50 bits per heavy atom. The second-order valence-electron chi connectivity index (χ2n) is 8.80. The maximum atomic E-state index is 13.9. The molecule has 2 saturated heterocycles. The molecule has 30 heavy (non-hydrogen) atoms. The average Bonchev–Trinajstić information content (AvgIpc) is 2.66. The first-order valence-corrected chi connectivity index (χ1v) is 10.7. The fraction of sp³-hybridized carbons (Fsp3) is 0.571. The maximum Gasteiger partial charge on any atom is 0.314 e. The van der Waals surface area contributed by atoms with Crippen LogP contribution in [0.1, 0.15) is 38.2 Å². The number of carbonyl (C=O) groups excluding carboxylic acids is 3. The highest BCUT2D eigenvalue weighted by molar-refractivity contribution is 6.30. The van der Waals surface area contributed by atoms with Gasteiger partial charge in [0.25, 0.3) is 5.91 Å². The van der Waals surface area contributed by atoms with Crippen LogP contribution in [-0.4, -0.2) is 63.8 Å². The Kier molecular flexibility index (Phi) is 5.38. The number of nitrogens with zero attached hydrogens (tertiary/aromatic N) is 3. The number of urea groups is 1. The van der Waals surface area contributed by atoms with Crippen molar-refractivity contribution >= 4 is 29.4 Å². The number of rotatable bonds is 3. The minimum absolute atomic E-state index is 0.00393. The molecule has 4 amide bonds. The summed E-state index contributed by atoms with van der Waals surface area (Å²) in [7, 11) is 0. The van der Waals surface area contributed by atoms with Crippen molar-refractivity contribution in [2.45, 2.75) is 50.7 Å². The van der Waals surface area contributed by atoms with Crippen molar-refractivity contribution in [3.8, 4) is 0 Å². The van der Waals surface area contributed by atoms with Gasteiger partial charge >= 0.3 is 6.03 Å². The molecule has 162 valence electrons. The van der Waals surface area contributed by atoms with E-state index in [-0.39, 0.29) is 49.1 Å². The SMILES string of the molecule is C[C@H]1CC[C@H](N2CC(=O)N(Cc3ccc(Cl)c(F)c3)C3(CN(C(N)=O)C3)C2=O)CC1. The van der Waals surface area contributed by atoms with Gasteiger partial charge in [0.1, 0.15) is 12.4 Å². The number of nitrogens with two attached hydrogens (primary N) is 1. The van der Waals surface area contributed by atoms with E-state index < -0.39 is 17.4 Å². The van der Waals surface area contributed by atoms with Crippen molar-refractivity contribution in [3.05, 3.63) is 34.6 Å². The highest BCUT2D eigenvalue weighted by Gasteiger charge is 2.61. The number of hydrogen-bond acceptors (Lipinski definition) is 3. The summed E-state index contributed by atoms with van der Waals surface area (Å²) in [5.74, 6) is -0.304. The summed E-state index contributed by atoms with van der Waals surface area (Å²) in [6, 6.07) is 3.75. The van der Waals surface area contributed by atoms with Crippen LogP contribution in [0, 0.1) is 11.7 Å². The van der Waals surface area contributed by atoms with Crippen LogP contribution >= 0.6 is 11.6 Å². The van der Waals surface area contributed by atoms with Crippen LogP contribution in [0.25, 0.3) is 0 Å². The van der Waals surface area contributed by atoms with Gasteiger partial charge in [-0.3, -0.25) is 9.59 Å². The van der Waals surface area contributed by atoms with Gasteiger partial charge < -0.3 is 20.4 Å². The van der Waals surface area contributed by atoms with Crippen molar-refractivity contribution < 1.29 is 18.8 Å². The van der Waals surface area contributed by atoms with Gasteiger partial charge in [0, 0.05) is 12.6 Å². The molecule has 0 radical (unpaired) electrons. The summed E-state index contributed by atoms with van der Waals surface area (Å²) >= 11 is 5.76. The molecular weight excluding hydrogens is 411 g/mol. The van der Waals surface area contributed by atoms with Crippen LogP contribution < -0.4 is 5.73 Å².